The SMILES string of the molecule is CC(C)CN=C(NC(=O)C1CCC(F)C(F)C1)NC1NNC2NCCCC21. The third kappa shape index (κ3) is 5.36. The quantitative estimate of drug-likeness (QED) is 0.367. The lowest BCUT2D eigenvalue weighted by Crippen LogP contribution is -2.54. The molecule has 5 N–H and O–H groups in total. The van der Waals surface area contributed by atoms with Gasteiger partial charge in [0.2, 0.25) is 5.91 Å². The van der Waals surface area contributed by atoms with Crippen LogP contribution in [0.15, 0.2) is 4.99 Å². The predicted molar refractivity (Wildman–Crippen MR) is 100 cm³/mol. The smallest absolute Gasteiger partial charge is 0.229 e. The van der Waals surface area contributed by atoms with Crippen LogP contribution < -0.4 is 26.8 Å². The maximum absolute atomic E-state index is 13.7. The summed E-state index contributed by atoms with van der Waals surface area (Å²) in [6.07, 6.45) is -0.350. The number of nitrogens with zero attached hydrogens (tertiary/aromatic N) is 1. The number of aliphatic imine (C=N–C) groups is 1. The van der Waals surface area contributed by atoms with Gasteiger partial charge in [0.15, 0.2) is 5.96 Å². The van der Waals surface area contributed by atoms with Gasteiger partial charge in [-0.25, -0.2) is 19.6 Å². The van der Waals surface area contributed by atoms with E-state index in [4.69, 9.17) is 0 Å². The Balaban J connectivity index is 1.61. The average Bonchev–Trinajstić information content (AvgIpc) is 3.05. The Labute approximate surface area is 159 Å². The van der Waals surface area contributed by atoms with Gasteiger partial charge in [0.1, 0.15) is 12.3 Å². The molecular weight excluding hydrogens is 354 g/mol. The topological polar surface area (TPSA) is 89.6 Å². The third-order valence-electron chi connectivity index (χ3n) is 5.54. The number of hydrogen-bond acceptors (Lipinski definition) is 5. The molecule has 0 aromatic heterocycles. The highest BCUT2D eigenvalue weighted by Gasteiger charge is 2.38. The number of guanidine groups is 1. The first kappa shape index (κ1) is 20.4. The minimum atomic E-state index is -1.56. The summed E-state index contributed by atoms with van der Waals surface area (Å²) in [5.74, 6) is 0.268. The zero-order valence-electron chi connectivity index (χ0n) is 16.1. The standard InChI is InChI=1S/C18H32F2N6O/c1-10(2)9-22-18(23-16-12-4-3-7-21-15(12)25-26-16)24-17(27)11-5-6-13(19)14(20)8-11/h10-16,21,25-26H,3-9H2,1-2H3,(H2,22,23,24,27). The number of hydrazine groups is 1. The summed E-state index contributed by atoms with van der Waals surface area (Å²) < 4.78 is 27.0. The highest BCUT2D eigenvalue weighted by atomic mass is 19.2. The second kappa shape index (κ2) is 9.25. The molecule has 1 aliphatic carbocycles. The van der Waals surface area contributed by atoms with Crippen molar-refractivity contribution in [1.29, 1.82) is 0 Å². The van der Waals surface area contributed by atoms with Crippen molar-refractivity contribution in [3.05, 3.63) is 0 Å². The minimum Gasteiger partial charge on any atom is -0.339 e. The van der Waals surface area contributed by atoms with Crippen molar-refractivity contribution in [2.45, 2.75) is 70.6 Å². The summed E-state index contributed by atoms with van der Waals surface area (Å²) in [7, 11) is 0. The Hall–Kier alpha value is -1.32. The molecule has 3 aliphatic rings. The second-order valence-electron chi connectivity index (χ2n) is 8.26. The van der Waals surface area contributed by atoms with E-state index in [0.717, 1.165) is 19.4 Å². The molecule has 6 atom stereocenters. The number of carbonyl (C=O) groups is 1. The van der Waals surface area contributed by atoms with Gasteiger partial charge in [0.05, 0.1) is 12.3 Å². The monoisotopic (exact) mass is 386 g/mol. The van der Waals surface area contributed by atoms with Crippen LogP contribution in [0.5, 0.6) is 0 Å². The molecule has 6 unspecified atom stereocenters. The molecule has 0 spiro atoms. The molecule has 1 saturated carbocycles. The minimum absolute atomic E-state index is 0.0653. The van der Waals surface area contributed by atoms with Gasteiger partial charge in [-0.15, -0.1) is 0 Å². The number of piperidine rings is 1. The van der Waals surface area contributed by atoms with E-state index in [-0.39, 0.29) is 31.1 Å². The van der Waals surface area contributed by atoms with Gasteiger partial charge >= 0.3 is 0 Å². The second-order valence-corrected chi connectivity index (χ2v) is 8.26. The van der Waals surface area contributed by atoms with E-state index in [1.165, 1.54) is 0 Å². The first-order valence-electron chi connectivity index (χ1n) is 10.1. The van der Waals surface area contributed by atoms with Crippen molar-refractivity contribution in [2.24, 2.45) is 22.7 Å². The van der Waals surface area contributed by atoms with Crippen LogP contribution in [-0.2, 0) is 4.79 Å². The summed E-state index contributed by atoms with van der Waals surface area (Å²) >= 11 is 0. The summed E-state index contributed by atoms with van der Waals surface area (Å²) in [6, 6.07) is 0. The normalized spacial score (nSPS) is 37.1. The molecule has 0 aromatic carbocycles. The van der Waals surface area contributed by atoms with E-state index in [2.05, 4.69) is 45.6 Å². The maximum Gasteiger partial charge on any atom is 0.229 e. The Morgan fingerprint density at radius 1 is 1.19 bits per heavy atom. The van der Waals surface area contributed by atoms with Crippen LogP contribution in [0.1, 0.15) is 46.0 Å². The van der Waals surface area contributed by atoms with E-state index in [1.807, 2.05) is 0 Å². The van der Waals surface area contributed by atoms with E-state index in [0.29, 0.717) is 30.8 Å². The van der Waals surface area contributed by atoms with Crippen LogP contribution in [0.25, 0.3) is 0 Å². The number of rotatable bonds is 4. The molecule has 3 fully saturated rings. The summed E-state index contributed by atoms with van der Waals surface area (Å²) in [4.78, 5) is 17.1. The summed E-state index contributed by atoms with van der Waals surface area (Å²) in [5, 5.41) is 9.54. The molecule has 0 bridgehead atoms. The molecule has 154 valence electrons. The Morgan fingerprint density at radius 2 is 2.00 bits per heavy atom. The first-order valence-corrected chi connectivity index (χ1v) is 10.1. The van der Waals surface area contributed by atoms with Crippen LogP contribution in [0.2, 0.25) is 0 Å². The molecule has 2 saturated heterocycles. The van der Waals surface area contributed by atoms with Crippen molar-refractivity contribution >= 4 is 11.9 Å². The number of alkyl halides is 2. The molecule has 2 aliphatic heterocycles. The zero-order valence-corrected chi connectivity index (χ0v) is 16.1. The van der Waals surface area contributed by atoms with Gasteiger partial charge in [-0.2, -0.15) is 0 Å². The highest BCUT2D eigenvalue weighted by Crippen LogP contribution is 2.29. The summed E-state index contributed by atoms with van der Waals surface area (Å²) in [5.41, 5.74) is 6.44. The van der Waals surface area contributed by atoms with Crippen molar-refractivity contribution in [3.8, 4) is 0 Å². The van der Waals surface area contributed by atoms with Gasteiger partial charge in [0, 0.05) is 18.4 Å². The molecule has 9 heteroatoms. The number of fused-ring (bicyclic) bond motifs is 1. The molecule has 0 aromatic rings. The number of halogens is 2. The molecule has 3 rings (SSSR count). The van der Waals surface area contributed by atoms with Crippen LogP contribution in [0, 0.1) is 17.8 Å². The largest absolute Gasteiger partial charge is 0.339 e. The summed E-state index contributed by atoms with van der Waals surface area (Å²) in [6.45, 7) is 5.65. The number of carbonyl (C=O) groups excluding carboxylic acids is 1. The molecule has 0 radical (unpaired) electrons. The van der Waals surface area contributed by atoms with E-state index >= 15 is 0 Å². The van der Waals surface area contributed by atoms with Crippen LogP contribution in [0.3, 0.4) is 0 Å². The van der Waals surface area contributed by atoms with Crippen molar-refractivity contribution in [1.82, 2.24) is 26.8 Å². The predicted octanol–water partition coefficient (Wildman–Crippen LogP) is 0.940. The molecule has 1 amide bonds. The fourth-order valence-corrected chi connectivity index (χ4v) is 3.94. The number of amides is 1. The van der Waals surface area contributed by atoms with Crippen LogP contribution >= 0.6 is 0 Å². The van der Waals surface area contributed by atoms with Crippen molar-refractivity contribution < 1.29 is 13.6 Å². The fourth-order valence-electron chi connectivity index (χ4n) is 3.94. The van der Waals surface area contributed by atoms with Gasteiger partial charge < -0.3 is 10.6 Å². The van der Waals surface area contributed by atoms with Crippen molar-refractivity contribution in [3.63, 3.8) is 0 Å². The van der Waals surface area contributed by atoms with E-state index < -0.39 is 18.3 Å². The lowest BCUT2D eigenvalue weighted by atomic mass is 9.86. The number of nitrogens with one attached hydrogen (secondary N) is 5. The fraction of sp³-hybridized carbons (Fsp3) is 0.889. The van der Waals surface area contributed by atoms with Crippen LogP contribution in [0.4, 0.5) is 8.78 Å². The van der Waals surface area contributed by atoms with Crippen LogP contribution in [-0.4, -0.2) is 49.6 Å². The molecular formula is C18H32F2N6O. The van der Waals surface area contributed by atoms with Gasteiger partial charge in [0.25, 0.3) is 0 Å². The van der Waals surface area contributed by atoms with E-state index in [9.17, 15) is 13.6 Å². The zero-order chi connectivity index (χ0) is 19.4. The molecule has 27 heavy (non-hydrogen) atoms. The van der Waals surface area contributed by atoms with Gasteiger partial charge in [-0.1, -0.05) is 13.8 Å². The average molecular weight is 386 g/mol. The van der Waals surface area contributed by atoms with Gasteiger partial charge in [-0.05, 0) is 44.6 Å². The highest BCUT2D eigenvalue weighted by molar-refractivity contribution is 5.98. The Kier molecular flexibility index (Phi) is 6.99. The lowest BCUT2D eigenvalue weighted by Gasteiger charge is -2.30. The Bertz CT molecular complexity index is 546. The van der Waals surface area contributed by atoms with Crippen molar-refractivity contribution in [2.75, 3.05) is 13.1 Å². The number of hydrogen-bond donors (Lipinski definition) is 5. The molecule has 2 heterocycles. The van der Waals surface area contributed by atoms with E-state index in [1.54, 1.807) is 0 Å². The molecule has 7 nitrogen and oxygen atoms in total. The third-order valence-corrected chi connectivity index (χ3v) is 5.54. The van der Waals surface area contributed by atoms with Gasteiger partial charge in [-0.3, -0.25) is 15.1 Å². The maximum atomic E-state index is 13.7. The Morgan fingerprint density at radius 3 is 2.74 bits per heavy atom. The first-order chi connectivity index (χ1) is 12.9. The lowest BCUT2D eigenvalue weighted by molar-refractivity contribution is -0.125.